The summed E-state index contributed by atoms with van der Waals surface area (Å²) in [6.07, 6.45) is 4.27. The van der Waals surface area contributed by atoms with Gasteiger partial charge in [0.05, 0.1) is 11.5 Å². The lowest BCUT2D eigenvalue weighted by molar-refractivity contribution is -0.122. The van der Waals surface area contributed by atoms with Crippen LogP contribution in [0, 0.1) is 5.92 Å². The predicted octanol–water partition coefficient (Wildman–Crippen LogP) is 0.283. The van der Waals surface area contributed by atoms with Crippen molar-refractivity contribution in [1.82, 2.24) is 10.3 Å². The number of aromatic carboxylic acids is 1. The number of hydrogen-bond acceptors (Lipinski definition) is 6. The number of carbonyl (C=O) groups excluding carboxylic acids is 1. The zero-order chi connectivity index (χ0) is 22.5. The standard InChI is InChI=1S/C20H30BN5O5/c1-2-26(25-20(22)23)14-8-6-12(7-9-14)10-17(27)24-16-11-13-4-3-5-15(19(28)29)18(13)31-21(16)30/h3-5,12,14,16,30H,2,6-11H2,1H3,(H,24,27)(H,28,29)(H4,22,23,25)/t12-,14-,16-/m0/s1. The molecular formula is C20H30BN5O5. The summed E-state index contributed by atoms with van der Waals surface area (Å²) in [5, 5.41) is 28.5. The van der Waals surface area contributed by atoms with Crippen LogP contribution in [-0.4, -0.2) is 58.6 Å². The Morgan fingerprint density at radius 3 is 2.61 bits per heavy atom. The van der Waals surface area contributed by atoms with Gasteiger partial charge in [0, 0.05) is 19.0 Å². The third-order valence-electron chi connectivity index (χ3n) is 5.98. The average Bonchev–Trinajstić information content (AvgIpc) is 2.72. The molecule has 1 heterocycles. The first kappa shape index (κ1) is 22.7. The Morgan fingerprint density at radius 2 is 2.00 bits per heavy atom. The van der Waals surface area contributed by atoms with E-state index in [1.165, 1.54) is 6.07 Å². The van der Waals surface area contributed by atoms with E-state index in [4.69, 9.17) is 16.1 Å². The van der Waals surface area contributed by atoms with E-state index in [1.54, 1.807) is 12.1 Å². The second-order valence-corrected chi connectivity index (χ2v) is 8.14. The van der Waals surface area contributed by atoms with E-state index in [9.17, 15) is 19.7 Å². The fourth-order valence-corrected chi connectivity index (χ4v) is 4.45. The molecule has 0 saturated heterocycles. The summed E-state index contributed by atoms with van der Waals surface area (Å²) in [6.45, 7) is 2.72. The van der Waals surface area contributed by atoms with E-state index < -0.39 is 19.0 Å². The molecule has 10 nitrogen and oxygen atoms in total. The molecule has 0 aromatic heterocycles. The highest BCUT2D eigenvalue weighted by Gasteiger charge is 2.38. The van der Waals surface area contributed by atoms with Crippen molar-refractivity contribution in [3.63, 3.8) is 0 Å². The van der Waals surface area contributed by atoms with Crippen LogP contribution >= 0.6 is 0 Å². The van der Waals surface area contributed by atoms with E-state index in [0.717, 1.165) is 32.2 Å². The normalized spacial score (nSPS) is 22.6. The van der Waals surface area contributed by atoms with Crippen LogP contribution in [0.2, 0.25) is 0 Å². The molecule has 1 saturated carbocycles. The molecule has 0 unspecified atom stereocenters. The van der Waals surface area contributed by atoms with Crippen LogP contribution < -0.4 is 21.4 Å². The Morgan fingerprint density at radius 1 is 1.29 bits per heavy atom. The molecule has 11 heteroatoms. The number of nitrogens with zero attached hydrogens (tertiary/aromatic N) is 2. The lowest BCUT2D eigenvalue weighted by Crippen LogP contribution is -2.53. The van der Waals surface area contributed by atoms with Crippen LogP contribution in [-0.2, 0) is 11.2 Å². The van der Waals surface area contributed by atoms with Gasteiger partial charge in [-0.2, -0.15) is 0 Å². The summed E-state index contributed by atoms with van der Waals surface area (Å²) < 4.78 is 5.43. The molecule has 0 radical (unpaired) electrons. The van der Waals surface area contributed by atoms with Crippen molar-refractivity contribution < 1.29 is 24.4 Å². The maximum Gasteiger partial charge on any atom is 0.547 e. The zero-order valence-corrected chi connectivity index (χ0v) is 17.7. The summed E-state index contributed by atoms with van der Waals surface area (Å²) >= 11 is 0. The molecular weight excluding hydrogens is 401 g/mol. The van der Waals surface area contributed by atoms with Crippen molar-refractivity contribution in [2.24, 2.45) is 22.5 Å². The van der Waals surface area contributed by atoms with Crippen LogP contribution in [0.15, 0.2) is 23.3 Å². The number of fused-ring (bicyclic) bond motifs is 1. The molecule has 1 aromatic carbocycles. The molecule has 1 aliphatic carbocycles. The van der Waals surface area contributed by atoms with Crippen molar-refractivity contribution in [2.45, 2.75) is 57.4 Å². The van der Waals surface area contributed by atoms with Crippen molar-refractivity contribution in [3.8, 4) is 5.75 Å². The molecule has 0 bridgehead atoms. The van der Waals surface area contributed by atoms with Crippen LogP contribution in [0.1, 0.15) is 54.9 Å². The van der Waals surface area contributed by atoms with Crippen LogP contribution in [0.3, 0.4) is 0 Å². The molecule has 0 spiro atoms. The lowest BCUT2D eigenvalue weighted by atomic mass is 9.72. The number of carbonyl (C=O) groups is 2. The van der Waals surface area contributed by atoms with E-state index in [-0.39, 0.29) is 35.1 Å². The molecule has 1 fully saturated rings. The Kier molecular flexibility index (Phi) is 7.27. The number of amides is 1. The maximum absolute atomic E-state index is 12.6. The number of rotatable bonds is 7. The summed E-state index contributed by atoms with van der Waals surface area (Å²) in [7, 11) is -1.30. The number of nitrogens with one attached hydrogen (secondary N) is 1. The lowest BCUT2D eigenvalue weighted by Gasteiger charge is -2.35. The van der Waals surface area contributed by atoms with E-state index in [1.807, 2.05) is 11.9 Å². The molecule has 2 aliphatic rings. The summed E-state index contributed by atoms with van der Waals surface area (Å²) in [4.78, 5) is 23.9. The fourth-order valence-electron chi connectivity index (χ4n) is 4.45. The van der Waals surface area contributed by atoms with Gasteiger partial charge in [-0.05, 0) is 56.6 Å². The van der Waals surface area contributed by atoms with Crippen LogP contribution in [0.25, 0.3) is 0 Å². The Balaban J connectivity index is 1.52. The maximum atomic E-state index is 12.6. The molecule has 1 aromatic rings. The minimum Gasteiger partial charge on any atom is -0.534 e. The molecule has 31 heavy (non-hydrogen) atoms. The number of para-hydroxylation sites is 1. The largest absolute Gasteiger partial charge is 0.547 e. The quantitative estimate of drug-likeness (QED) is 0.178. The SMILES string of the molecule is CCN(N=C(N)N)[C@H]1CC[C@H](CC(=O)N[C@H]2Cc3cccc(C(=O)O)c3OB2O)CC1. The first-order valence-corrected chi connectivity index (χ1v) is 10.6. The first-order chi connectivity index (χ1) is 14.8. The molecule has 7 N–H and O–H groups in total. The number of benzene rings is 1. The van der Waals surface area contributed by atoms with E-state index >= 15 is 0 Å². The van der Waals surface area contributed by atoms with Gasteiger partial charge in [0.15, 0.2) is 0 Å². The van der Waals surface area contributed by atoms with Gasteiger partial charge in [0.2, 0.25) is 11.9 Å². The number of hydrogen-bond donors (Lipinski definition) is 5. The molecule has 1 atom stereocenters. The molecule has 168 valence electrons. The number of carboxylic acid groups (broad SMARTS) is 1. The number of hydrazone groups is 1. The molecule has 1 aliphatic heterocycles. The van der Waals surface area contributed by atoms with Crippen molar-refractivity contribution in [3.05, 3.63) is 29.3 Å². The van der Waals surface area contributed by atoms with E-state index in [0.29, 0.717) is 18.4 Å². The second kappa shape index (κ2) is 9.91. The number of guanidine groups is 1. The number of carboxylic acids is 1. The highest BCUT2D eigenvalue weighted by atomic mass is 16.5. The Hall–Kier alpha value is -2.95. The second-order valence-electron chi connectivity index (χ2n) is 8.14. The molecule has 1 amide bonds. The number of nitrogens with two attached hydrogens (primary N) is 2. The van der Waals surface area contributed by atoms with E-state index in [2.05, 4.69) is 10.4 Å². The summed E-state index contributed by atoms with van der Waals surface area (Å²) in [6, 6.07) is 5.06. The summed E-state index contributed by atoms with van der Waals surface area (Å²) in [5.74, 6) is -1.44. The third-order valence-corrected chi connectivity index (χ3v) is 5.98. The molecule has 3 rings (SSSR count). The average molecular weight is 431 g/mol. The van der Waals surface area contributed by atoms with Gasteiger partial charge in [-0.15, -0.1) is 5.10 Å². The van der Waals surface area contributed by atoms with Gasteiger partial charge in [-0.3, -0.25) is 9.80 Å². The Bertz CT molecular complexity index is 839. The predicted molar refractivity (Wildman–Crippen MR) is 116 cm³/mol. The smallest absolute Gasteiger partial charge is 0.534 e. The van der Waals surface area contributed by atoms with Crippen molar-refractivity contribution in [2.75, 3.05) is 6.54 Å². The third kappa shape index (κ3) is 5.60. The monoisotopic (exact) mass is 431 g/mol. The van der Waals surface area contributed by atoms with Gasteiger partial charge in [-0.25, -0.2) is 4.79 Å². The van der Waals surface area contributed by atoms with Gasteiger partial charge < -0.3 is 31.6 Å². The highest BCUT2D eigenvalue weighted by molar-refractivity contribution is 6.47. The fraction of sp³-hybridized carbons (Fsp3) is 0.550. The highest BCUT2D eigenvalue weighted by Crippen LogP contribution is 2.31. The zero-order valence-electron chi connectivity index (χ0n) is 17.7. The van der Waals surface area contributed by atoms with Gasteiger partial charge in [0.1, 0.15) is 5.75 Å². The van der Waals surface area contributed by atoms with Crippen LogP contribution in [0.5, 0.6) is 5.75 Å². The first-order valence-electron chi connectivity index (χ1n) is 10.6. The minimum atomic E-state index is -1.30. The van der Waals surface area contributed by atoms with Gasteiger partial charge in [0.25, 0.3) is 0 Å². The van der Waals surface area contributed by atoms with Crippen molar-refractivity contribution in [1.29, 1.82) is 0 Å². The minimum absolute atomic E-state index is 0.0000593. The summed E-state index contributed by atoms with van der Waals surface area (Å²) in [5.41, 5.74) is 11.6. The topological polar surface area (TPSA) is 163 Å². The van der Waals surface area contributed by atoms with Gasteiger partial charge in [-0.1, -0.05) is 12.1 Å². The van der Waals surface area contributed by atoms with Crippen molar-refractivity contribution >= 4 is 25.0 Å². The van der Waals surface area contributed by atoms with Crippen LogP contribution in [0.4, 0.5) is 0 Å². The van der Waals surface area contributed by atoms with Gasteiger partial charge >= 0.3 is 13.1 Å². The Labute approximate surface area is 181 Å².